The lowest BCUT2D eigenvalue weighted by molar-refractivity contribution is 0.0647. The molecule has 94 valence electrons. The number of aliphatic hydroxyl groups is 1. The molecule has 1 aromatic carbocycles. The van der Waals surface area contributed by atoms with Crippen LogP contribution in [0.1, 0.15) is 26.7 Å². The first-order chi connectivity index (χ1) is 8.04. The van der Waals surface area contributed by atoms with Crippen molar-refractivity contribution >= 4 is 5.69 Å². The molecule has 1 aromatic rings. The van der Waals surface area contributed by atoms with E-state index in [2.05, 4.69) is 19.2 Å². The third kappa shape index (κ3) is 2.60. The molecule has 0 bridgehead atoms. The summed E-state index contributed by atoms with van der Waals surface area (Å²) in [6.45, 7) is 4.51. The first kappa shape index (κ1) is 12.4. The summed E-state index contributed by atoms with van der Waals surface area (Å²) in [5.41, 5.74) is 0.504. The Labute approximate surface area is 102 Å². The fourth-order valence-corrected chi connectivity index (χ4v) is 2.56. The Bertz CT molecular complexity index is 386. The average Bonchev–Trinajstić information content (AvgIpc) is 2.22. The van der Waals surface area contributed by atoms with Crippen LogP contribution in [-0.2, 0) is 0 Å². The SMILES string of the molecule is CC(C)C1CC(CO)(Nc2cccc(F)c2)C1. The van der Waals surface area contributed by atoms with Crippen molar-refractivity contribution in [2.75, 3.05) is 11.9 Å². The second-order valence-corrected chi connectivity index (χ2v) is 5.49. The Morgan fingerprint density at radius 3 is 2.71 bits per heavy atom. The molecule has 0 unspecified atom stereocenters. The Morgan fingerprint density at radius 1 is 1.47 bits per heavy atom. The van der Waals surface area contributed by atoms with Gasteiger partial charge in [-0.3, -0.25) is 0 Å². The second kappa shape index (κ2) is 4.65. The molecule has 2 nitrogen and oxygen atoms in total. The van der Waals surface area contributed by atoms with Gasteiger partial charge in [-0.25, -0.2) is 4.39 Å². The van der Waals surface area contributed by atoms with E-state index in [1.807, 2.05) is 6.07 Å². The number of halogens is 1. The van der Waals surface area contributed by atoms with Gasteiger partial charge in [-0.15, -0.1) is 0 Å². The number of anilines is 1. The molecular weight excluding hydrogens is 217 g/mol. The van der Waals surface area contributed by atoms with Gasteiger partial charge in [-0.2, -0.15) is 0 Å². The average molecular weight is 237 g/mol. The Balaban J connectivity index is 2.02. The molecule has 1 aliphatic rings. The summed E-state index contributed by atoms with van der Waals surface area (Å²) in [7, 11) is 0. The van der Waals surface area contributed by atoms with Crippen LogP contribution in [-0.4, -0.2) is 17.3 Å². The van der Waals surface area contributed by atoms with Gasteiger partial charge in [-0.1, -0.05) is 19.9 Å². The molecule has 17 heavy (non-hydrogen) atoms. The Hall–Kier alpha value is -1.09. The minimum absolute atomic E-state index is 0.104. The van der Waals surface area contributed by atoms with E-state index in [4.69, 9.17) is 0 Å². The standard InChI is InChI=1S/C14H20FNO/c1-10(2)11-7-14(8-11,9-17)16-13-5-3-4-12(15)6-13/h3-6,10-11,16-17H,7-9H2,1-2H3. The molecule has 0 atom stereocenters. The highest BCUT2D eigenvalue weighted by atomic mass is 19.1. The van der Waals surface area contributed by atoms with Crippen molar-refractivity contribution in [3.8, 4) is 0 Å². The zero-order valence-electron chi connectivity index (χ0n) is 10.4. The molecule has 0 heterocycles. The van der Waals surface area contributed by atoms with Crippen LogP contribution in [0.25, 0.3) is 0 Å². The third-order valence-corrected chi connectivity index (χ3v) is 3.79. The molecule has 2 N–H and O–H groups in total. The first-order valence-electron chi connectivity index (χ1n) is 6.19. The summed E-state index contributed by atoms with van der Waals surface area (Å²) in [6, 6.07) is 6.42. The summed E-state index contributed by atoms with van der Waals surface area (Å²) < 4.78 is 13.1. The van der Waals surface area contributed by atoms with Gasteiger partial charge in [0.25, 0.3) is 0 Å². The van der Waals surface area contributed by atoms with Gasteiger partial charge in [0.15, 0.2) is 0 Å². The van der Waals surface area contributed by atoms with E-state index in [0.717, 1.165) is 18.5 Å². The smallest absolute Gasteiger partial charge is 0.125 e. The maximum Gasteiger partial charge on any atom is 0.125 e. The van der Waals surface area contributed by atoms with Crippen molar-refractivity contribution in [1.29, 1.82) is 0 Å². The van der Waals surface area contributed by atoms with E-state index in [9.17, 15) is 9.50 Å². The topological polar surface area (TPSA) is 32.3 Å². The van der Waals surface area contributed by atoms with Crippen molar-refractivity contribution < 1.29 is 9.50 Å². The maximum absolute atomic E-state index is 13.1. The van der Waals surface area contributed by atoms with Crippen LogP contribution < -0.4 is 5.32 Å². The van der Waals surface area contributed by atoms with Crippen molar-refractivity contribution in [3.63, 3.8) is 0 Å². The predicted octanol–water partition coefficient (Wildman–Crippen LogP) is 3.03. The molecule has 0 amide bonds. The summed E-state index contributed by atoms with van der Waals surface area (Å²) in [4.78, 5) is 0. The van der Waals surface area contributed by atoms with Crippen LogP contribution in [0.2, 0.25) is 0 Å². The van der Waals surface area contributed by atoms with E-state index in [1.165, 1.54) is 12.1 Å². The second-order valence-electron chi connectivity index (χ2n) is 5.49. The van der Waals surface area contributed by atoms with Crippen molar-refractivity contribution in [2.24, 2.45) is 11.8 Å². The number of nitrogens with one attached hydrogen (secondary N) is 1. The van der Waals surface area contributed by atoms with Gasteiger partial charge >= 0.3 is 0 Å². The lowest BCUT2D eigenvalue weighted by atomic mass is 9.64. The summed E-state index contributed by atoms with van der Waals surface area (Å²) in [5.74, 6) is 1.05. The lowest BCUT2D eigenvalue weighted by Crippen LogP contribution is -2.54. The molecule has 3 heteroatoms. The number of rotatable bonds is 4. The molecule has 0 saturated heterocycles. The van der Waals surface area contributed by atoms with Crippen molar-refractivity contribution in [2.45, 2.75) is 32.2 Å². The number of aliphatic hydroxyl groups excluding tert-OH is 1. The van der Waals surface area contributed by atoms with Crippen LogP contribution in [0.3, 0.4) is 0 Å². The van der Waals surface area contributed by atoms with Crippen molar-refractivity contribution in [3.05, 3.63) is 30.1 Å². The van der Waals surface area contributed by atoms with Crippen LogP contribution in [0.4, 0.5) is 10.1 Å². The van der Waals surface area contributed by atoms with E-state index >= 15 is 0 Å². The molecule has 0 radical (unpaired) electrons. The normalized spacial score (nSPS) is 27.9. The highest BCUT2D eigenvalue weighted by Gasteiger charge is 2.44. The van der Waals surface area contributed by atoms with Gasteiger partial charge in [-0.05, 0) is 42.9 Å². The fourth-order valence-electron chi connectivity index (χ4n) is 2.56. The van der Waals surface area contributed by atoms with E-state index < -0.39 is 0 Å². The highest BCUT2D eigenvalue weighted by molar-refractivity contribution is 5.46. The molecular formula is C14H20FNO. The minimum atomic E-state index is -0.247. The molecule has 1 fully saturated rings. The van der Waals surface area contributed by atoms with Gasteiger partial charge in [0.1, 0.15) is 5.82 Å². The number of benzene rings is 1. The fraction of sp³-hybridized carbons (Fsp3) is 0.571. The zero-order chi connectivity index (χ0) is 12.5. The van der Waals surface area contributed by atoms with Crippen LogP contribution in [0.5, 0.6) is 0 Å². The van der Waals surface area contributed by atoms with Gasteiger partial charge < -0.3 is 10.4 Å². The summed E-state index contributed by atoms with van der Waals surface area (Å²) in [5, 5.41) is 12.8. The predicted molar refractivity (Wildman–Crippen MR) is 67.4 cm³/mol. The molecule has 1 aliphatic carbocycles. The molecule has 0 aromatic heterocycles. The largest absolute Gasteiger partial charge is 0.394 e. The summed E-state index contributed by atoms with van der Waals surface area (Å²) in [6.07, 6.45) is 1.91. The highest BCUT2D eigenvalue weighted by Crippen LogP contribution is 2.43. The molecule has 1 saturated carbocycles. The van der Waals surface area contributed by atoms with Gasteiger partial charge in [0.05, 0.1) is 12.1 Å². The number of hydrogen-bond donors (Lipinski definition) is 2. The monoisotopic (exact) mass is 237 g/mol. The number of hydrogen-bond acceptors (Lipinski definition) is 2. The minimum Gasteiger partial charge on any atom is -0.394 e. The van der Waals surface area contributed by atoms with Crippen molar-refractivity contribution in [1.82, 2.24) is 0 Å². The van der Waals surface area contributed by atoms with Gasteiger partial charge in [0.2, 0.25) is 0 Å². The molecule has 2 rings (SSSR count). The lowest BCUT2D eigenvalue weighted by Gasteiger charge is -2.49. The zero-order valence-corrected chi connectivity index (χ0v) is 10.4. The third-order valence-electron chi connectivity index (χ3n) is 3.79. The Morgan fingerprint density at radius 2 is 2.18 bits per heavy atom. The van der Waals surface area contributed by atoms with E-state index in [-0.39, 0.29) is 18.0 Å². The molecule has 0 spiro atoms. The van der Waals surface area contributed by atoms with Crippen LogP contribution in [0.15, 0.2) is 24.3 Å². The first-order valence-corrected chi connectivity index (χ1v) is 6.19. The Kier molecular flexibility index (Phi) is 3.38. The van der Waals surface area contributed by atoms with E-state index in [1.54, 1.807) is 6.07 Å². The summed E-state index contributed by atoms with van der Waals surface area (Å²) >= 11 is 0. The van der Waals surface area contributed by atoms with Crippen LogP contribution >= 0.6 is 0 Å². The molecule has 0 aliphatic heterocycles. The van der Waals surface area contributed by atoms with E-state index in [0.29, 0.717) is 11.8 Å². The maximum atomic E-state index is 13.1. The quantitative estimate of drug-likeness (QED) is 0.843. The van der Waals surface area contributed by atoms with Gasteiger partial charge in [0, 0.05) is 5.69 Å². The van der Waals surface area contributed by atoms with Crippen LogP contribution in [0, 0.1) is 17.7 Å².